The monoisotopic (exact) mass is 214 g/mol. The van der Waals surface area contributed by atoms with E-state index in [9.17, 15) is 0 Å². The summed E-state index contributed by atoms with van der Waals surface area (Å²) in [5.74, 6) is 0. The van der Waals surface area contributed by atoms with Crippen LogP contribution in [-0.2, 0) is 0 Å². The maximum Gasteiger partial charge on any atom is 0.0346 e. The summed E-state index contributed by atoms with van der Waals surface area (Å²) in [4.78, 5) is 4.15. The van der Waals surface area contributed by atoms with Gasteiger partial charge in [0.25, 0.3) is 0 Å². The Morgan fingerprint density at radius 3 is 2.69 bits per heavy atom. The van der Waals surface area contributed by atoms with Gasteiger partial charge in [-0.1, -0.05) is 32.0 Å². The summed E-state index contributed by atoms with van der Waals surface area (Å²) in [5, 5.41) is 6.03. The lowest BCUT2D eigenvalue weighted by Crippen LogP contribution is -2.26. The van der Waals surface area contributed by atoms with Gasteiger partial charge in [-0.25, -0.2) is 0 Å². The Balaban J connectivity index is 2.44. The van der Waals surface area contributed by atoms with E-state index in [4.69, 9.17) is 0 Å². The Morgan fingerprint density at radius 1 is 1.12 bits per heavy atom. The van der Waals surface area contributed by atoms with Crippen LogP contribution in [0.3, 0.4) is 0 Å². The molecule has 0 spiro atoms. The average Bonchev–Trinajstić information content (AvgIpc) is 2.27. The highest BCUT2D eigenvalue weighted by molar-refractivity contribution is 5.85. The van der Waals surface area contributed by atoms with Crippen molar-refractivity contribution in [1.29, 1.82) is 0 Å². The Bertz CT molecular complexity index is 472. The zero-order chi connectivity index (χ0) is 11.5. The van der Waals surface area contributed by atoms with E-state index in [-0.39, 0.29) is 0 Å². The van der Waals surface area contributed by atoms with Crippen LogP contribution in [-0.4, -0.2) is 11.0 Å². The van der Waals surface area contributed by atoms with E-state index in [0.29, 0.717) is 12.1 Å². The molecule has 0 aliphatic heterocycles. The Labute approximate surface area is 96.7 Å². The standard InChI is InChI=1S/C14H18N2/c1-10(2)16-11(3)13-6-4-5-12-9-15-8-7-14(12)13/h4-11,16H,1-3H3. The molecule has 2 heteroatoms. The molecule has 1 aromatic heterocycles. The number of nitrogens with zero attached hydrogens (tertiary/aromatic N) is 1. The average molecular weight is 214 g/mol. The molecule has 2 rings (SSSR count). The highest BCUT2D eigenvalue weighted by Crippen LogP contribution is 2.23. The predicted octanol–water partition coefficient (Wildman–Crippen LogP) is 3.29. The minimum atomic E-state index is 0.367. The molecule has 84 valence electrons. The van der Waals surface area contributed by atoms with Gasteiger partial charge in [0.1, 0.15) is 0 Å². The van der Waals surface area contributed by atoms with Crippen LogP contribution in [0.5, 0.6) is 0 Å². The van der Waals surface area contributed by atoms with E-state index in [1.54, 1.807) is 0 Å². The molecule has 1 atom stereocenters. The first-order valence-corrected chi connectivity index (χ1v) is 5.77. The summed E-state index contributed by atoms with van der Waals surface area (Å²) in [5.41, 5.74) is 1.34. The predicted molar refractivity (Wildman–Crippen MR) is 68.4 cm³/mol. The maximum absolute atomic E-state index is 4.15. The molecule has 0 aliphatic carbocycles. The minimum absolute atomic E-state index is 0.367. The van der Waals surface area contributed by atoms with Crippen molar-refractivity contribution in [3.05, 3.63) is 42.2 Å². The lowest BCUT2D eigenvalue weighted by atomic mass is 10.0. The second-order valence-corrected chi connectivity index (χ2v) is 4.49. The number of rotatable bonds is 3. The van der Waals surface area contributed by atoms with E-state index >= 15 is 0 Å². The number of aromatic nitrogens is 1. The summed E-state index contributed by atoms with van der Waals surface area (Å²) in [6, 6.07) is 9.33. The first-order valence-electron chi connectivity index (χ1n) is 5.77. The van der Waals surface area contributed by atoms with Crippen LogP contribution in [0.25, 0.3) is 10.8 Å². The number of hydrogen-bond donors (Lipinski definition) is 1. The second kappa shape index (κ2) is 4.62. The summed E-state index contributed by atoms with van der Waals surface area (Å²) in [6.07, 6.45) is 3.77. The molecule has 1 aromatic carbocycles. The summed E-state index contributed by atoms with van der Waals surface area (Å²) < 4.78 is 0. The largest absolute Gasteiger partial charge is 0.308 e. The van der Waals surface area contributed by atoms with Crippen molar-refractivity contribution >= 4 is 10.8 Å². The van der Waals surface area contributed by atoms with Gasteiger partial charge in [-0.15, -0.1) is 0 Å². The highest BCUT2D eigenvalue weighted by atomic mass is 14.9. The van der Waals surface area contributed by atoms with Crippen molar-refractivity contribution in [2.24, 2.45) is 0 Å². The number of pyridine rings is 1. The molecule has 1 unspecified atom stereocenters. The molecule has 0 fully saturated rings. The van der Waals surface area contributed by atoms with Crippen LogP contribution < -0.4 is 5.32 Å². The Kier molecular flexibility index (Phi) is 3.20. The molecule has 0 amide bonds. The fourth-order valence-corrected chi connectivity index (χ4v) is 2.11. The van der Waals surface area contributed by atoms with Gasteiger partial charge < -0.3 is 5.32 Å². The third-order valence-corrected chi connectivity index (χ3v) is 2.76. The molecule has 2 nitrogen and oxygen atoms in total. The van der Waals surface area contributed by atoms with E-state index in [1.807, 2.05) is 12.4 Å². The van der Waals surface area contributed by atoms with Gasteiger partial charge in [-0.05, 0) is 23.9 Å². The number of benzene rings is 1. The first kappa shape index (κ1) is 11.1. The number of nitrogens with one attached hydrogen (secondary N) is 1. The molecule has 1 heterocycles. The molecular formula is C14H18N2. The quantitative estimate of drug-likeness (QED) is 0.848. The topological polar surface area (TPSA) is 24.9 Å². The molecule has 0 saturated heterocycles. The van der Waals surface area contributed by atoms with Crippen molar-refractivity contribution in [3.8, 4) is 0 Å². The Morgan fingerprint density at radius 2 is 1.94 bits per heavy atom. The third kappa shape index (κ3) is 2.22. The molecule has 0 bridgehead atoms. The maximum atomic E-state index is 4.15. The van der Waals surface area contributed by atoms with Crippen molar-refractivity contribution in [2.75, 3.05) is 0 Å². The van der Waals surface area contributed by atoms with Crippen LogP contribution in [0.15, 0.2) is 36.7 Å². The van der Waals surface area contributed by atoms with Crippen LogP contribution in [0.2, 0.25) is 0 Å². The number of fused-ring (bicyclic) bond motifs is 1. The van der Waals surface area contributed by atoms with Gasteiger partial charge in [0.15, 0.2) is 0 Å². The third-order valence-electron chi connectivity index (χ3n) is 2.76. The van der Waals surface area contributed by atoms with Gasteiger partial charge in [-0.2, -0.15) is 0 Å². The van der Waals surface area contributed by atoms with Crippen molar-refractivity contribution < 1.29 is 0 Å². The van der Waals surface area contributed by atoms with Gasteiger partial charge in [0.2, 0.25) is 0 Å². The van der Waals surface area contributed by atoms with Gasteiger partial charge >= 0.3 is 0 Å². The zero-order valence-electron chi connectivity index (χ0n) is 10.1. The first-order chi connectivity index (χ1) is 7.68. The molecule has 0 aliphatic rings. The lowest BCUT2D eigenvalue weighted by Gasteiger charge is -2.18. The fourth-order valence-electron chi connectivity index (χ4n) is 2.11. The van der Waals surface area contributed by atoms with Gasteiger partial charge in [-0.3, -0.25) is 4.98 Å². The highest BCUT2D eigenvalue weighted by Gasteiger charge is 2.09. The van der Waals surface area contributed by atoms with E-state index in [2.05, 4.69) is 55.3 Å². The summed E-state index contributed by atoms with van der Waals surface area (Å²) in [7, 11) is 0. The number of hydrogen-bond acceptors (Lipinski definition) is 2. The zero-order valence-corrected chi connectivity index (χ0v) is 10.1. The molecule has 0 saturated carbocycles. The van der Waals surface area contributed by atoms with Gasteiger partial charge in [0.05, 0.1) is 0 Å². The molecule has 1 N–H and O–H groups in total. The lowest BCUT2D eigenvalue weighted by molar-refractivity contribution is 0.508. The normalized spacial score (nSPS) is 13.2. The molecule has 16 heavy (non-hydrogen) atoms. The molecule has 0 radical (unpaired) electrons. The molecular weight excluding hydrogens is 196 g/mol. The van der Waals surface area contributed by atoms with E-state index < -0.39 is 0 Å². The van der Waals surface area contributed by atoms with Gasteiger partial charge in [0, 0.05) is 29.9 Å². The van der Waals surface area contributed by atoms with Crippen molar-refractivity contribution in [3.63, 3.8) is 0 Å². The fraction of sp³-hybridized carbons (Fsp3) is 0.357. The SMILES string of the molecule is CC(C)NC(C)c1cccc2cnccc12. The van der Waals surface area contributed by atoms with E-state index in [1.165, 1.54) is 16.3 Å². The van der Waals surface area contributed by atoms with Crippen molar-refractivity contribution in [2.45, 2.75) is 32.9 Å². The van der Waals surface area contributed by atoms with Crippen LogP contribution >= 0.6 is 0 Å². The van der Waals surface area contributed by atoms with Crippen LogP contribution in [0.4, 0.5) is 0 Å². The summed E-state index contributed by atoms with van der Waals surface area (Å²) in [6.45, 7) is 6.54. The minimum Gasteiger partial charge on any atom is -0.308 e. The van der Waals surface area contributed by atoms with Crippen LogP contribution in [0, 0.1) is 0 Å². The van der Waals surface area contributed by atoms with E-state index in [0.717, 1.165) is 0 Å². The Hall–Kier alpha value is -1.41. The summed E-state index contributed by atoms with van der Waals surface area (Å²) >= 11 is 0. The second-order valence-electron chi connectivity index (χ2n) is 4.49. The van der Waals surface area contributed by atoms with Crippen molar-refractivity contribution in [1.82, 2.24) is 10.3 Å². The van der Waals surface area contributed by atoms with Crippen LogP contribution in [0.1, 0.15) is 32.4 Å². The molecule has 2 aromatic rings. The smallest absolute Gasteiger partial charge is 0.0346 e.